The van der Waals surface area contributed by atoms with Crippen LogP contribution in [0.1, 0.15) is 39.3 Å². The van der Waals surface area contributed by atoms with Crippen LogP contribution < -0.4 is 15.8 Å². The van der Waals surface area contributed by atoms with Crippen LogP contribution in [0.4, 0.5) is 10.9 Å². The van der Waals surface area contributed by atoms with Gasteiger partial charge >= 0.3 is 0 Å². The molecule has 0 amide bonds. The minimum absolute atomic E-state index is 0.0133. The van der Waals surface area contributed by atoms with E-state index >= 15 is 0 Å². The van der Waals surface area contributed by atoms with Gasteiger partial charge in [-0.2, -0.15) is 4.98 Å². The highest BCUT2D eigenvalue weighted by atomic mass is 35.5. The van der Waals surface area contributed by atoms with Crippen molar-refractivity contribution in [3.63, 3.8) is 0 Å². The van der Waals surface area contributed by atoms with E-state index in [1.54, 1.807) is 23.9 Å². The third-order valence-corrected chi connectivity index (χ3v) is 6.30. The number of hydrogen-bond donors (Lipinski definition) is 2. The molecule has 1 fully saturated rings. The van der Waals surface area contributed by atoms with Crippen molar-refractivity contribution in [2.45, 2.75) is 39.7 Å². The van der Waals surface area contributed by atoms with Crippen molar-refractivity contribution in [2.75, 3.05) is 18.5 Å². The molecular weight excluding hydrogens is 428 g/mol. The minimum Gasteiger partial charge on any atom is -0.471 e. The maximum atomic E-state index is 6.24. The van der Waals surface area contributed by atoms with Crippen LogP contribution in [-0.4, -0.2) is 29.3 Å². The molecule has 2 aromatic rings. The van der Waals surface area contributed by atoms with E-state index in [0.717, 1.165) is 33.6 Å². The molecule has 3 heterocycles. The van der Waals surface area contributed by atoms with Crippen molar-refractivity contribution in [1.82, 2.24) is 9.97 Å². The van der Waals surface area contributed by atoms with Crippen LogP contribution in [0.15, 0.2) is 34.2 Å². The Hall–Kier alpha value is -1.74. The molecule has 0 spiro atoms. The Bertz CT molecular complexity index is 904. The van der Waals surface area contributed by atoms with Gasteiger partial charge in [0.25, 0.3) is 0 Å². The largest absolute Gasteiger partial charge is 0.471 e. The van der Waals surface area contributed by atoms with E-state index in [0.29, 0.717) is 29.9 Å². The number of ether oxygens (including phenoxy) is 2. The van der Waals surface area contributed by atoms with Gasteiger partial charge in [-0.05, 0) is 32.4 Å². The number of pyridine rings is 1. The number of nitrogens with two attached hydrogens (primary N) is 1. The number of nitrogens with zero attached hydrogens (tertiary/aromatic N) is 2. The summed E-state index contributed by atoms with van der Waals surface area (Å²) in [6.45, 7) is 7.45. The van der Waals surface area contributed by atoms with E-state index in [2.05, 4.69) is 31.1 Å². The minimum atomic E-state index is -0.0133. The van der Waals surface area contributed by atoms with Gasteiger partial charge < -0.3 is 20.5 Å². The van der Waals surface area contributed by atoms with Crippen molar-refractivity contribution in [3.05, 3.63) is 44.9 Å². The lowest BCUT2D eigenvalue weighted by Crippen LogP contribution is -2.16. The molecule has 29 heavy (non-hydrogen) atoms. The Kier molecular flexibility index (Phi) is 7.83. The average Bonchev–Trinajstić information content (AvgIpc) is 3.35. The summed E-state index contributed by atoms with van der Waals surface area (Å²) in [6, 6.07) is 3.57. The number of anilines is 2. The predicted molar refractivity (Wildman–Crippen MR) is 123 cm³/mol. The molecule has 3 N–H and O–H groups in total. The van der Waals surface area contributed by atoms with Gasteiger partial charge in [-0.15, -0.1) is 11.3 Å². The maximum absolute atomic E-state index is 6.24. The van der Waals surface area contributed by atoms with Gasteiger partial charge in [0.05, 0.1) is 23.9 Å². The van der Waals surface area contributed by atoms with Crippen LogP contribution in [0.3, 0.4) is 0 Å². The molecule has 1 atom stereocenters. The Morgan fingerprint density at radius 3 is 2.97 bits per heavy atom. The Labute approximate surface area is 184 Å². The maximum Gasteiger partial charge on any atom is 0.234 e. The van der Waals surface area contributed by atoms with Crippen LogP contribution in [-0.2, 0) is 4.74 Å². The van der Waals surface area contributed by atoms with Gasteiger partial charge in [0.15, 0.2) is 5.13 Å². The van der Waals surface area contributed by atoms with E-state index in [-0.39, 0.29) is 6.10 Å². The molecule has 0 saturated carbocycles. The van der Waals surface area contributed by atoms with E-state index in [4.69, 9.17) is 31.8 Å². The molecule has 2 aromatic heterocycles. The third-order valence-electron chi connectivity index (χ3n) is 4.03. The lowest BCUT2D eigenvalue weighted by Gasteiger charge is -2.13. The number of nitrogens with one attached hydrogen (secondary N) is 1. The molecule has 1 aliphatic rings. The van der Waals surface area contributed by atoms with Gasteiger partial charge in [0.2, 0.25) is 5.88 Å². The number of rotatable bonds is 8. The number of thioether (sulfide) groups is 1. The summed E-state index contributed by atoms with van der Waals surface area (Å²) in [5, 5.41) is 7.25. The number of hydrogen-bond acceptors (Lipinski definition) is 8. The Balaban J connectivity index is 1.74. The highest BCUT2D eigenvalue weighted by Crippen LogP contribution is 2.36. The Morgan fingerprint density at radius 2 is 2.28 bits per heavy atom. The summed E-state index contributed by atoms with van der Waals surface area (Å²) in [6.07, 6.45) is 3.73. The van der Waals surface area contributed by atoms with Crippen molar-refractivity contribution in [1.29, 1.82) is 0 Å². The monoisotopic (exact) mass is 452 g/mol. The third kappa shape index (κ3) is 6.12. The van der Waals surface area contributed by atoms with E-state index in [9.17, 15) is 0 Å². The zero-order valence-corrected chi connectivity index (χ0v) is 19.1. The predicted octanol–water partition coefficient (Wildman–Crippen LogP) is 5.80. The molecule has 1 unspecified atom stereocenters. The van der Waals surface area contributed by atoms with Crippen molar-refractivity contribution in [3.8, 4) is 5.88 Å². The molecule has 0 radical (unpaired) electrons. The first-order valence-electron chi connectivity index (χ1n) is 9.41. The second-order valence-electron chi connectivity index (χ2n) is 6.70. The van der Waals surface area contributed by atoms with Crippen LogP contribution in [0, 0.1) is 0 Å². The lowest BCUT2D eigenvalue weighted by atomic mass is 10.3. The number of aromatic nitrogens is 2. The van der Waals surface area contributed by atoms with Gasteiger partial charge in [-0.3, -0.25) is 0 Å². The Morgan fingerprint density at radius 1 is 1.45 bits per heavy atom. The fraction of sp³-hybridized carbons (Fsp3) is 0.400. The zero-order valence-electron chi connectivity index (χ0n) is 16.7. The van der Waals surface area contributed by atoms with Crippen molar-refractivity contribution >= 4 is 50.6 Å². The SMILES string of the molecule is CC/C=C(\N)SC(=C(C)C)c1csc(Nc2ccc(Cl)c(OC3CCOC3)n2)n1. The molecule has 3 rings (SSSR count). The first kappa shape index (κ1) is 22.0. The number of thiazole rings is 1. The summed E-state index contributed by atoms with van der Waals surface area (Å²) in [5.74, 6) is 1.03. The molecule has 0 bridgehead atoms. The van der Waals surface area contributed by atoms with Crippen LogP contribution in [0.25, 0.3) is 4.91 Å². The second-order valence-corrected chi connectivity index (χ2v) is 9.04. The fourth-order valence-electron chi connectivity index (χ4n) is 2.66. The van der Waals surface area contributed by atoms with E-state index in [1.807, 2.05) is 11.5 Å². The highest BCUT2D eigenvalue weighted by molar-refractivity contribution is 8.11. The molecule has 9 heteroatoms. The van der Waals surface area contributed by atoms with Crippen molar-refractivity contribution < 1.29 is 9.47 Å². The summed E-state index contributed by atoms with van der Waals surface area (Å²) in [4.78, 5) is 10.3. The van der Waals surface area contributed by atoms with Crippen molar-refractivity contribution in [2.24, 2.45) is 5.73 Å². The standard InChI is InChI=1S/C20H25ClN4O2S2/c1-4-5-16(22)29-18(12(2)3)15-11-28-20(23-15)25-17-7-6-14(21)19(24-17)27-13-8-9-26-10-13/h5-7,11,13H,4,8-10,22H2,1-3H3,(H,23,24,25)/b16-5+. The quantitative estimate of drug-likeness (QED) is 0.523. The molecule has 156 valence electrons. The number of allylic oxidation sites excluding steroid dienone is 2. The molecule has 1 saturated heterocycles. The number of halogens is 1. The second kappa shape index (κ2) is 10.3. The van der Waals surface area contributed by atoms with E-state index < -0.39 is 0 Å². The smallest absolute Gasteiger partial charge is 0.234 e. The summed E-state index contributed by atoms with van der Waals surface area (Å²) in [7, 11) is 0. The fourth-order valence-corrected chi connectivity index (χ4v) is 4.49. The summed E-state index contributed by atoms with van der Waals surface area (Å²) in [5.41, 5.74) is 8.15. The first-order chi connectivity index (χ1) is 14.0. The van der Waals surface area contributed by atoms with Gasteiger partial charge in [0, 0.05) is 16.7 Å². The summed E-state index contributed by atoms with van der Waals surface area (Å²) >= 11 is 9.29. The van der Waals surface area contributed by atoms with Crippen LogP contribution in [0.5, 0.6) is 5.88 Å². The highest BCUT2D eigenvalue weighted by Gasteiger charge is 2.20. The van der Waals surface area contributed by atoms with Gasteiger partial charge in [-0.1, -0.05) is 41.9 Å². The van der Waals surface area contributed by atoms with Gasteiger partial charge in [0.1, 0.15) is 16.9 Å². The first-order valence-corrected chi connectivity index (χ1v) is 11.5. The van der Waals surface area contributed by atoms with Gasteiger partial charge in [-0.25, -0.2) is 4.98 Å². The van der Waals surface area contributed by atoms with Crippen LogP contribution >= 0.6 is 34.7 Å². The van der Waals surface area contributed by atoms with Crippen LogP contribution in [0.2, 0.25) is 5.02 Å². The lowest BCUT2D eigenvalue weighted by molar-refractivity contribution is 0.138. The molecule has 6 nitrogen and oxygen atoms in total. The normalized spacial score (nSPS) is 16.7. The van der Waals surface area contributed by atoms with E-state index in [1.165, 1.54) is 16.9 Å². The summed E-state index contributed by atoms with van der Waals surface area (Å²) < 4.78 is 11.2. The zero-order chi connectivity index (χ0) is 20.8. The topological polar surface area (TPSA) is 82.3 Å². The molecule has 1 aliphatic heterocycles. The molecule has 0 aromatic carbocycles. The molecular formula is C20H25ClN4O2S2. The molecule has 0 aliphatic carbocycles. The average molecular weight is 453 g/mol.